The van der Waals surface area contributed by atoms with Crippen LogP contribution in [0.3, 0.4) is 0 Å². The summed E-state index contributed by atoms with van der Waals surface area (Å²) in [6.07, 6.45) is 3.51. The first kappa shape index (κ1) is 28.6. The van der Waals surface area contributed by atoms with Crippen LogP contribution in [0.1, 0.15) is 15.9 Å². The highest BCUT2D eigenvalue weighted by Crippen LogP contribution is 2.26. The number of ketones is 1. The maximum atomic E-state index is 13.3. The van der Waals surface area contributed by atoms with Gasteiger partial charge in [-0.3, -0.25) is 24.0 Å². The number of benzene rings is 4. The van der Waals surface area contributed by atoms with Crippen LogP contribution in [0.15, 0.2) is 116 Å². The zero-order valence-electron chi connectivity index (χ0n) is 24.1. The van der Waals surface area contributed by atoms with Gasteiger partial charge in [0.25, 0.3) is 5.69 Å². The van der Waals surface area contributed by atoms with Gasteiger partial charge in [0.1, 0.15) is 0 Å². The summed E-state index contributed by atoms with van der Waals surface area (Å²) in [4.78, 5) is 35.4. The summed E-state index contributed by atoms with van der Waals surface area (Å²) in [5.41, 5.74) is 3.99. The molecule has 0 spiro atoms. The van der Waals surface area contributed by atoms with Gasteiger partial charge in [-0.1, -0.05) is 42.5 Å². The topological polar surface area (TPSA) is 196 Å². The van der Waals surface area contributed by atoms with Crippen LogP contribution >= 0.6 is 0 Å². The van der Waals surface area contributed by atoms with E-state index in [1.165, 1.54) is 18.2 Å². The van der Waals surface area contributed by atoms with Gasteiger partial charge in [-0.2, -0.15) is 10.4 Å². The number of carbonyl (C=O) groups is 2. The molecule has 0 atom stereocenters. The number of hydrogen-bond donors (Lipinski definition) is 2. The Balaban J connectivity index is 0.000000176. The molecule has 0 saturated carbocycles. The van der Waals surface area contributed by atoms with E-state index in [-0.39, 0.29) is 17.5 Å². The fourth-order valence-electron chi connectivity index (χ4n) is 5.10. The zero-order chi connectivity index (χ0) is 32.3. The highest BCUT2D eigenvalue weighted by atomic mass is 16.6. The molecule has 0 radical (unpaired) electrons. The van der Waals surface area contributed by atoms with Crippen molar-refractivity contribution in [3.05, 3.63) is 137 Å². The maximum Gasteiger partial charge on any atom is 0.337 e. The molecule has 4 aromatic heterocycles. The highest BCUT2D eigenvalue weighted by molar-refractivity contribution is 6.09. The van der Waals surface area contributed by atoms with Crippen LogP contribution in [0, 0.1) is 10.1 Å². The number of nitrogens with zero attached hydrogens (tertiary/aromatic N) is 9. The quantitative estimate of drug-likeness (QED) is 0.144. The van der Waals surface area contributed by atoms with Crippen molar-refractivity contribution < 1.29 is 14.5 Å². The monoisotopic (exact) mass is 623 g/mol. The number of fused-ring (bicyclic) bond motifs is 2. The Hall–Kier alpha value is -7.16. The molecule has 2 N–H and O–H groups in total. The maximum absolute atomic E-state index is 13.3. The van der Waals surface area contributed by atoms with Crippen LogP contribution < -0.4 is 0 Å². The first-order valence-corrected chi connectivity index (χ1v) is 14.0. The predicted octanol–water partition coefficient (Wildman–Crippen LogP) is 5.30. The Labute approximate surface area is 263 Å². The van der Waals surface area contributed by atoms with Crippen molar-refractivity contribution in [3.63, 3.8) is 0 Å². The summed E-state index contributed by atoms with van der Waals surface area (Å²) < 4.78 is 3.23. The van der Waals surface area contributed by atoms with Crippen LogP contribution in [0.2, 0.25) is 0 Å². The summed E-state index contributed by atoms with van der Waals surface area (Å²) in [6, 6.07) is 29.3. The van der Waals surface area contributed by atoms with E-state index in [9.17, 15) is 19.7 Å². The summed E-state index contributed by atoms with van der Waals surface area (Å²) in [7, 11) is 0. The Morgan fingerprint density at radius 3 is 1.70 bits per heavy atom. The third kappa shape index (κ3) is 5.62. The third-order valence-corrected chi connectivity index (χ3v) is 7.35. The lowest BCUT2D eigenvalue weighted by molar-refractivity contribution is -0.384. The lowest BCUT2D eigenvalue weighted by atomic mass is 10.0. The minimum absolute atomic E-state index is 0.0771. The molecule has 0 bridgehead atoms. The molecular formula is C32H21N11O4. The van der Waals surface area contributed by atoms with Crippen molar-refractivity contribution in [2.75, 3.05) is 0 Å². The van der Waals surface area contributed by atoms with Crippen LogP contribution in [-0.2, 0) is 0 Å². The van der Waals surface area contributed by atoms with E-state index in [2.05, 4.69) is 41.2 Å². The van der Waals surface area contributed by atoms with E-state index < -0.39 is 4.92 Å². The number of tetrazole rings is 2. The number of nitro benzene ring substituents is 1. The summed E-state index contributed by atoms with van der Waals surface area (Å²) in [5.74, 6) is 0.795. The van der Waals surface area contributed by atoms with Gasteiger partial charge in [-0.15, -0.1) is 20.4 Å². The molecule has 4 heterocycles. The molecule has 0 unspecified atom stereocenters. The number of hydrogen-bond acceptors (Lipinski definition) is 10. The van der Waals surface area contributed by atoms with Crippen LogP contribution in [-0.4, -0.2) is 67.1 Å². The van der Waals surface area contributed by atoms with E-state index in [1.807, 2.05) is 54.6 Å². The molecule has 0 aliphatic rings. The standard InChI is InChI=1S/C19H12N10O.C13H9NO3/c30-19(28-7-5-11-9-13(1-3-15(11)28)17-20-24-25-21-17)29-8-6-12-10-14(2-4-16(12)29)18-22-26-27-23-18;15-13(10-5-2-1-3-6-10)11-7-4-8-12(9-11)14(16)17/h1-10H,(H,20,21,24,25)(H,22,23,26,27);1-9H. The number of H-pyrrole nitrogens is 2. The SMILES string of the molecule is O=C(c1ccccc1)c1cccc([N+](=O)[O-])c1.O=C(n1ccc2cc(-c3nn[nH]n3)ccc21)n1ccc2cc(-c3nn[nH]n3)ccc21. The van der Waals surface area contributed by atoms with Gasteiger partial charge in [0.05, 0.1) is 16.0 Å². The normalized spacial score (nSPS) is 10.9. The molecule has 0 fully saturated rings. The number of rotatable bonds is 5. The molecule has 0 saturated heterocycles. The Kier molecular flexibility index (Phi) is 7.35. The molecule has 15 nitrogen and oxygen atoms in total. The van der Waals surface area contributed by atoms with Crippen molar-refractivity contribution in [2.24, 2.45) is 0 Å². The fraction of sp³-hybridized carbons (Fsp3) is 0. The molecule has 228 valence electrons. The number of nitrogens with one attached hydrogen (secondary N) is 2. The molecule has 8 rings (SSSR count). The number of aromatic amines is 2. The number of nitro groups is 1. The van der Waals surface area contributed by atoms with Gasteiger partial charge in [-0.05, 0) is 59.0 Å². The van der Waals surface area contributed by atoms with Crippen LogP contribution in [0.4, 0.5) is 10.5 Å². The lowest BCUT2D eigenvalue weighted by Gasteiger charge is -2.07. The minimum atomic E-state index is -0.512. The number of non-ortho nitro benzene ring substituents is 1. The Morgan fingerprint density at radius 2 is 1.19 bits per heavy atom. The molecule has 8 aromatic rings. The zero-order valence-corrected chi connectivity index (χ0v) is 24.1. The summed E-state index contributed by atoms with van der Waals surface area (Å²) >= 11 is 0. The molecule has 47 heavy (non-hydrogen) atoms. The van der Waals surface area contributed by atoms with Crippen molar-refractivity contribution in [1.82, 2.24) is 50.4 Å². The van der Waals surface area contributed by atoms with E-state index >= 15 is 0 Å². The second kappa shape index (κ2) is 12.1. The third-order valence-electron chi connectivity index (χ3n) is 7.35. The molecule has 0 amide bonds. The fourth-order valence-corrected chi connectivity index (χ4v) is 5.10. The van der Waals surface area contributed by atoms with Crippen molar-refractivity contribution in [2.45, 2.75) is 0 Å². The lowest BCUT2D eigenvalue weighted by Crippen LogP contribution is -2.17. The largest absolute Gasteiger partial charge is 0.337 e. The van der Waals surface area contributed by atoms with Gasteiger partial charge in [0.2, 0.25) is 11.6 Å². The van der Waals surface area contributed by atoms with Gasteiger partial charge in [0, 0.05) is 57.6 Å². The van der Waals surface area contributed by atoms with Crippen molar-refractivity contribution in [3.8, 4) is 22.8 Å². The van der Waals surface area contributed by atoms with Crippen molar-refractivity contribution >= 4 is 39.3 Å². The minimum Gasteiger partial charge on any atom is -0.289 e. The van der Waals surface area contributed by atoms with E-state index in [0.717, 1.165) is 32.9 Å². The number of aromatic nitrogens is 10. The van der Waals surface area contributed by atoms with E-state index in [1.54, 1.807) is 51.9 Å². The van der Waals surface area contributed by atoms with Crippen molar-refractivity contribution in [1.29, 1.82) is 0 Å². The molecule has 0 aliphatic heterocycles. The highest BCUT2D eigenvalue weighted by Gasteiger charge is 2.16. The van der Waals surface area contributed by atoms with Gasteiger partial charge in [0.15, 0.2) is 5.78 Å². The summed E-state index contributed by atoms with van der Waals surface area (Å²) in [6.45, 7) is 0. The Bertz CT molecular complexity index is 2260. The smallest absolute Gasteiger partial charge is 0.289 e. The van der Waals surface area contributed by atoms with Gasteiger partial charge >= 0.3 is 6.03 Å². The number of carbonyl (C=O) groups excluding carboxylic acids is 2. The van der Waals surface area contributed by atoms with Crippen LogP contribution in [0.5, 0.6) is 0 Å². The van der Waals surface area contributed by atoms with Gasteiger partial charge < -0.3 is 0 Å². The van der Waals surface area contributed by atoms with Crippen LogP contribution in [0.25, 0.3) is 44.6 Å². The van der Waals surface area contributed by atoms with E-state index in [0.29, 0.717) is 22.8 Å². The van der Waals surface area contributed by atoms with Gasteiger partial charge in [-0.25, -0.2) is 4.79 Å². The predicted molar refractivity (Wildman–Crippen MR) is 169 cm³/mol. The second-order valence-corrected chi connectivity index (χ2v) is 10.2. The van der Waals surface area contributed by atoms with E-state index in [4.69, 9.17) is 0 Å². The second-order valence-electron chi connectivity index (χ2n) is 10.2. The average molecular weight is 624 g/mol. The average Bonchev–Trinajstić information content (AvgIpc) is 3.95. The molecule has 0 aliphatic carbocycles. The molecular weight excluding hydrogens is 602 g/mol. The summed E-state index contributed by atoms with van der Waals surface area (Å²) in [5, 5.41) is 40.5. The molecule has 15 heteroatoms. The molecule has 4 aromatic carbocycles. The first-order chi connectivity index (χ1) is 23.0. The first-order valence-electron chi connectivity index (χ1n) is 14.0. The Morgan fingerprint density at radius 1 is 0.638 bits per heavy atom.